The molecule has 25 heavy (non-hydrogen) atoms. The quantitative estimate of drug-likeness (QED) is 0.571. The Morgan fingerprint density at radius 1 is 1.24 bits per heavy atom. The molecule has 0 aliphatic heterocycles. The van der Waals surface area contributed by atoms with E-state index in [9.17, 15) is 14.9 Å². The summed E-state index contributed by atoms with van der Waals surface area (Å²) in [4.78, 5) is 27.7. The summed E-state index contributed by atoms with van der Waals surface area (Å²) in [6.07, 6.45) is 0. The second-order valence-electron chi connectivity index (χ2n) is 5.67. The lowest BCUT2D eigenvalue weighted by Crippen LogP contribution is -2.25. The Morgan fingerprint density at radius 3 is 2.72 bits per heavy atom. The fourth-order valence-electron chi connectivity index (χ4n) is 2.95. The van der Waals surface area contributed by atoms with Crippen LogP contribution in [0, 0.1) is 17.0 Å². The van der Waals surface area contributed by atoms with Crippen molar-refractivity contribution in [2.75, 3.05) is 0 Å². The molecule has 0 bridgehead atoms. The average Bonchev–Trinajstić information content (AvgIpc) is 2.96. The van der Waals surface area contributed by atoms with E-state index < -0.39 is 10.8 Å². The number of nitro groups is 1. The third-order valence-electron chi connectivity index (χ3n) is 4.12. The molecule has 7 nitrogen and oxygen atoms in total. The predicted octanol–water partition coefficient (Wildman–Crippen LogP) is 3.20. The first kappa shape index (κ1) is 16.6. The van der Waals surface area contributed by atoms with Crippen LogP contribution in [-0.2, 0) is 13.1 Å². The van der Waals surface area contributed by atoms with Crippen LogP contribution in [-0.4, -0.2) is 20.4 Å². The number of nitrogens with zero attached hydrogens (tertiary/aromatic N) is 3. The number of para-hydroxylation sites is 3. The number of hydrogen-bond acceptors (Lipinski definition) is 4. The van der Waals surface area contributed by atoms with Crippen LogP contribution in [0.5, 0.6) is 0 Å². The van der Waals surface area contributed by atoms with E-state index >= 15 is 0 Å². The van der Waals surface area contributed by atoms with Gasteiger partial charge in [0.15, 0.2) is 0 Å². The van der Waals surface area contributed by atoms with Crippen LogP contribution in [0.4, 0.5) is 5.69 Å². The number of hydrogen-bond donors (Lipinski definition) is 1. The zero-order valence-corrected chi connectivity index (χ0v) is 14.0. The van der Waals surface area contributed by atoms with E-state index in [0.717, 1.165) is 17.6 Å². The molecule has 128 valence electrons. The van der Waals surface area contributed by atoms with Crippen molar-refractivity contribution in [3.05, 3.63) is 69.5 Å². The average molecular weight is 338 g/mol. The standard InChI is InChI=1S/C18H18N4O3/c1-3-21-15-10-5-4-9-14(15)20-16(21)11-19-18(23)13-8-6-7-12(2)17(13)22(24)25/h4-10H,3,11H2,1-2H3,(H,19,23). The highest BCUT2D eigenvalue weighted by Crippen LogP contribution is 2.23. The van der Waals surface area contributed by atoms with Crippen LogP contribution in [0.15, 0.2) is 42.5 Å². The first-order chi connectivity index (χ1) is 12.0. The lowest BCUT2D eigenvalue weighted by atomic mass is 10.1. The van der Waals surface area contributed by atoms with Gasteiger partial charge in [0.2, 0.25) is 0 Å². The zero-order valence-electron chi connectivity index (χ0n) is 14.0. The molecule has 0 saturated heterocycles. The predicted molar refractivity (Wildman–Crippen MR) is 94.4 cm³/mol. The minimum atomic E-state index is -0.522. The van der Waals surface area contributed by atoms with Crippen molar-refractivity contribution < 1.29 is 9.72 Å². The maximum absolute atomic E-state index is 12.5. The molecule has 0 fully saturated rings. The number of aryl methyl sites for hydroxylation is 2. The normalized spacial score (nSPS) is 10.8. The van der Waals surface area contributed by atoms with E-state index in [1.807, 2.05) is 35.8 Å². The summed E-state index contributed by atoms with van der Waals surface area (Å²) in [6.45, 7) is 4.54. The minimum Gasteiger partial charge on any atom is -0.345 e. The third kappa shape index (κ3) is 3.08. The van der Waals surface area contributed by atoms with Crippen molar-refractivity contribution >= 4 is 22.6 Å². The minimum absolute atomic E-state index is 0.0594. The SMILES string of the molecule is CCn1c(CNC(=O)c2cccc(C)c2[N+](=O)[O-])nc2ccccc21. The van der Waals surface area contributed by atoms with Gasteiger partial charge >= 0.3 is 0 Å². The molecule has 0 unspecified atom stereocenters. The largest absolute Gasteiger partial charge is 0.345 e. The molecule has 0 atom stereocenters. The van der Waals surface area contributed by atoms with Gasteiger partial charge in [0, 0.05) is 12.1 Å². The number of amides is 1. The number of benzene rings is 2. The topological polar surface area (TPSA) is 90.1 Å². The van der Waals surface area contributed by atoms with E-state index in [1.54, 1.807) is 19.1 Å². The van der Waals surface area contributed by atoms with Gasteiger partial charge < -0.3 is 9.88 Å². The summed E-state index contributed by atoms with van der Waals surface area (Å²) in [5.41, 5.74) is 2.21. The summed E-state index contributed by atoms with van der Waals surface area (Å²) < 4.78 is 2.01. The summed E-state index contributed by atoms with van der Waals surface area (Å²) >= 11 is 0. The summed E-state index contributed by atoms with van der Waals surface area (Å²) in [6, 6.07) is 12.5. The van der Waals surface area contributed by atoms with Crippen molar-refractivity contribution in [3.63, 3.8) is 0 Å². The molecule has 0 radical (unpaired) electrons. The molecule has 0 spiro atoms. The van der Waals surface area contributed by atoms with E-state index in [0.29, 0.717) is 11.4 Å². The van der Waals surface area contributed by atoms with E-state index in [1.165, 1.54) is 6.07 Å². The molecule has 0 aliphatic carbocycles. The van der Waals surface area contributed by atoms with Crippen LogP contribution in [0.3, 0.4) is 0 Å². The Kier molecular flexibility index (Phi) is 4.47. The van der Waals surface area contributed by atoms with E-state index in [4.69, 9.17) is 0 Å². The van der Waals surface area contributed by atoms with Gasteiger partial charge in [-0.1, -0.05) is 24.3 Å². The molecule has 1 heterocycles. The summed E-state index contributed by atoms with van der Waals surface area (Å²) in [7, 11) is 0. The van der Waals surface area contributed by atoms with Crippen LogP contribution in [0.1, 0.15) is 28.7 Å². The Bertz CT molecular complexity index is 962. The summed E-state index contributed by atoms with van der Waals surface area (Å²) in [5.74, 6) is 0.234. The number of nitro benzene ring substituents is 1. The number of nitrogens with one attached hydrogen (secondary N) is 1. The van der Waals surface area contributed by atoms with Crippen molar-refractivity contribution in [2.24, 2.45) is 0 Å². The lowest BCUT2D eigenvalue weighted by molar-refractivity contribution is -0.385. The monoisotopic (exact) mass is 338 g/mol. The molecule has 0 saturated carbocycles. The van der Waals surface area contributed by atoms with Crippen LogP contribution >= 0.6 is 0 Å². The Morgan fingerprint density at radius 2 is 2.00 bits per heavy atom. The van der Waals surface area contributed by atoms with Crippen molar-refractivity contribution in [2.45, 2.75) is 26.9 Å². The molecule has 2 aromatic carbocycles. The second kappa shape index (κ2) is 6.72. The molecular weight excluding hydrogens is 320 g/mol. The van der Waals surface area contributed by atoms with Gasteiger partial charge in [-0.05, 0) is 32.0 Å². The molecular formula is C18H18N4O3. The first-order valence-electron chi connectivity index (χ1n) is 7.99. The fourth-order valence-corrected chi connectivity index (χ4v) is 2.95. The van der Waals surface area contributed by atoms with Crippen molar-refractivity contribution in [1.29, 1.82) is 0 Å². The highest BCUT2D eigenvalue weighted by molar-refractivity contribution is 5.98. The van der Waals surface area contributed by atoms with Gasteiger partial charge in [0.1, 0.15) is 11.4 Å². The fraction of sp³-hybridized carbons (Fsp3) is 0.222. The molecule has 0 aliphatic rings. The highest BCUT2D eigenvalue weighted by atomic mass is 16.6. The van der Waals surface area contributed by atoms with Gasteiger partial charge in [0.25, 0.3) is 11.6 Å². The Hall–Kier alpha value is -3.22. The summed E-state index contributed by atoms with van der Waals surface area (Å²) in [5, 5.41) is 14.0. The Balaban J connectivity index is 1.87. The number of carbonyl (C=O) groups excluding carboxylic acids is 1. The van der Waals surface area contributed by atoms with Gasteiger partial charge in [-0.15, -0.1) is 0 Å². The molecule has 3 aromatic rings. The number of rotatable bonds is 5. The molecule has 1 aromatic heterocycles. The van der Waals surface area contributed by atoms with Crippen LogP contribution in [0.2, 0.25) is 0 Å². The van der Waals surface area contributed by atoms with Crippen LogP contribution < -0.4 is 5.32 Å². The van der Waals surface area contributed by atoms with E-state index in [2.05, 4.69) is 10.3 Å². The second-order valence-corrected chi connectivity index (χ2v) is 5.67. The zero-order chi connectivity index (χ0) is 18.0. The molecule has 7 heteroatoms. The van der Waals surface area contributed by atoms with Gasteiger partial charge in [-0.2, -0.15) is 0 Å². The van der Waals surface area contributed by atoms with Gasteiger partial charge in [0.05, 0.1) is 22.5 Å². The first-order valence-corrected chi connectivity index (χ1v) is 7.99. The van der Waals surface area contributed by atoms with Crippen LogP contribution in [0.25, 0.3) is 11.0 Å². The number of fused-ring (bicyclic) bond motifs is 1. The Labute approximate surface area is 144 Å². The van der Waals surface area contributed by atoms with Crippen molar-refractivity contribution in [1.82, 2.24) is 14.9 Å². The molecule has 1 amide bonds. The third-order valence-corrected chi connectivity index (χ3v) is 4.12. The van der Waals surface area contributed by atoms with E-state index in [-0.39, 0.29) is 17.8 Å². The number of carbonyl (C=O) groups is 1. The van der Waals surface area contributed by atoms with Gasteiger partial charge in [-0.25, -0.2) is 4.98 Å². The maximum Gasteiger partial charge on any atom is 0.285 e. The highest BCUT2D eigenvalue weighted by Gasteiger charge is 2.22. The van der Waals surface area contributed by atoms with Gasteiger partial charge in [-0.3, -0.25) is 14.9 Å². The molecule has 3 rings (SSSR count). The number of imidazole rings is 1. The smallest absolute Gasteiger partial charge is 0.285 e. The number of aromatic nitrogens is 2. The molecule has 1 N–H and O–H groups in total. The lowest BCUT2D eigenvalue weighted by Gasteiger charge is -2.09. The maximum atomic E-state index is 12.5. The van der Waals surface area contributed by atoms with Crippen molar-refractivity contribution in [3.8, 4) is 0 Å².